The second-order valence-electron chi connectivity index (χ2n) is 4.45. The number of hydrogen-bond acceptors (Lipinski definition) is 2. The zero-order chi connectivity index (χ0) is 14.8. The largest absolute Gasteiger partial charge is 0.416 e. The van der Waals surface area contributed by atoms with Gasteiger partial charge in [-0.2, -0.15) is 13.2 Å². The van der Waals surface area contributed by atoms with Crippen LogP contribution in [0, 0.1) is 0 Å². The summed E-state index contributed by atoms with van der Waals surface area (Å²) in [6.07, 6.45) is -3.83. The highest BCUT2D eigenvalue weighted by molar-refractivity contribution is 5.96. The van der Waals surface area contributed by atoms with Crippen LogP contribution in [0.25, 0.3) is 0 Å². The fourth-order valence-corrected chi connectivity index (χ4v) is 1.84. The SMILES string of the molecule is C/C(=N/O)c1ccc(Cc2ccc(C(F)(F)F)cc2)[nH]1. The molecule has 0 aliphatic heterocycles. The fourth-order valence-electron chi connectivity index (χ4n) is 1.84. The summed E-state index contributed by atoms with van der Waals surface area (Å²) in [7, 11) is 0. The third-order valence-electron chi connectivity index (χ3n) is 2.96. The van der Waals surface area contributed by atoms with Gasteiger partial charge in [0.1, 0.15) is 0 Å². The second-order valence-corrected chi connectivity index (χ2v) is 4.45. The number of nitrogens with one attached hydrogen (secondary N) is 1. The predicted molar refractivity (Wildman–Crippen MR) is 69.0 cm³/mol. The molecule has 6 heteroatoms. The van der Waals surface area contributed by atoms with Crippen molar-refractivity contribution in [3.63, 3.8) is 0 Å². The summed E-state index contributed by atoms with van der Waals surface area (Å²) in [5.41, 5.74) is 2.07. The average Bonchev–Trinajstić information content (AvgIpc) is 2.86. The molecule has 0 saturated carbocycles. The zero-order valence-corrected chi connectivity index (χ0v) is 10.7. The summed E-state index contributed by atoms with van der Waals surface area (Å²) in [5.74, 6) is 0. The molecular weight excluding hydrogens is 269 g/mol. The minimum Gasteiger partial charge on any atom is -0.411 e. The number of oxime groups is 1. The van der Waals surface area contributed by atoms with Gasteiger partial charge in [0.05, 0.1) is 17.0 Å². The molecule has 2 rings (SSSR count). The van der Waals surface area contributed by atoms with E-state index in [0.29, 0.717) is 17.8 Å². The van der Waals surface area contributed by atoms with Crippen molar-refractivity contribution in [1.82, 2.24) is 4.98 Å². The maximum Gasteiger partial charge on any atom is 0.416 e. The first-order valence-electron chi connectivity index (χ1n) is 5.93. The van der Waals surface area contributed by atoms with Crippen LogP contribution in [0.3, 0.4) is 0 Å². The van der Waals surface area contributed by atoms with Crippen molar-refractivity contribution in [2.75, 3.05) is 0 Å². The molecule has 0 bridgehead atoms. The Morgan fingerprint density at radius 2 is 1.80 bits per heavy atom. The number of halogens is 3. The number of nitrogens with zero attached hydrogens (tertiary/aromatic N) is 1. The third-order valence-corrected chi connectivity index (χ3v) is 2.96. The monoisotopic (exact) mass is 282 g/mol. The number of alkyl halides is 3. The fraction of sp³-hybridized carbons (Fsp3) is 0.214. The number of hydrogen-bond donors (Lipinski definition) is 2. The molecule has 0 radical (unpaired) electrons. The molecular formula is C14H13F3N2O. The topological polar surface area (TPSA) is 48.4 Å². The van der Waals surface area contributed by atoms with E-state index >= 15 is 0 Å². The lowest BCUT2D eigenvalue weighted by molar-refractivity contribution is -0.137. The van der Waals surface area contributed by atoms with Crippen LogP contribution in [-0.4, -0.2) is 15.9 Å². The maximum atomic E-state index is 12.4. The molecule has 0 aliphatic carbocycles. The van der Waals surface area contributed by atoms with Crippen LogP contribution in [0.2, 0.25) is 0 Å². The van der Waals surface area contributed by atoms with E-state index < -0.39 is 11.7 Å². The van der Waals surface area contributed by atoms with Crippen molar-refractivity contribution in [2.24, 2.45) is 5.16 Å². The summed E-state index contributed by atoms with van der Waals surface area (Å²) in [5, 5.41) is 11.7. The number of aromatic amines is 1. The quantitative estimate of drug-likeness (QED) is 0.502. The Morgan fingerprint density at radius 1 is 1.15 bits per heavy atom. The Morgan fingerprint density at radius 3 is 2.35 bits per heavy atom. The van der Waals surface area contributed by atoms with Gasteiger partial charge in [0, 0.05) is 12.1 Å². The van der Waals surface area contributed by atoms with E-state index in [0.717, 1.165) is 23.4 Å². The van der Waals surface area contributed by atoms with E-state index in [-0.39, 0.29) is 0 Å². The van der Waals surface area contributed by atoms with Gasteiger partial charge >= 0.3 is 6.18 Å². The van der Waals surface area contributed by atoms with Crippen LogP contribution in [0.1, 0.15) is 29.4 Å². The Labute approximate surface area is 113 Å². The lowest BCUT2D eigenvalue weighted by Crippen LogP contribution is -2.04. The highest BCUT2D eigenvalue weighted by Crippen LogP contribution is 2.29. The molecule has 0 fully saturated rings. The van der Waals surface area contributed by atoms with E-state index in [1.54, 1.807) is 13.0 Å². The molecule has 20 heavy (non-hydrogen) atoms. The number of benzene rings is 1. The first kappa shape index (κ1) is 14.2. The summed E-state index contributed by atoms with van der Waals surface area (Å²) in [6.45, 7) is 1.65. The maximum absolute atomic E-state index is 12.4. The van der Waals surface area contributed by atoms with Gasteiger partial charge in [0.15, 0.2) is 0 Å². The standard InChI is InChI=1S/C14H13F3N2O/c1-9(19-20)13-7-6-12(18-13)8-10-2-4-11(5-3-10)14(15,16)17/h2-7,18,20H,8H2,1H3/b19-9-. The Hall–Kier alpha value is -2.24. The van der Waals surface area contributed by atoms with Crippen molar-refractivity contribution in [3.05, 3.63) is 58.9 Å². The highest BCUT2D eigenvalue weighted by atomic mass is 19.4. The van der Waals surface area contributed by atoms with Gasteiger partial charge in [-0.05, 0) is 36.8 Å². The molecule has 1 aromatic heterocycles. The highest BCUT2D eigenvalue weighted by Gasteiger charge is 2.29. The lowest BCUT2D eigenvalue weighted by Gasteiger charge is -2.07. The zero-order valence-electron chi connectivity index (χ0n) is 10.7. The lowest BCUT2D eigenvalue weighted by atomic mass is 10.1. The van der Waals surface area contributed by atoms with E-state index in [1.807, 2.05) is 6.07 Å². The third kappa shape index (κ3) is 3.20. The summed E-state index contributed by atoms with van der Waals surface area (Å²) >= 11 is 0. The molecule has 2 aromatic rings. The molecule has 0 aliphatic rings. The van der Waals surface area contributed by atoms with Gasteiger partial charge in [0.2, 0.25) is 0 Å². The normalized spacial score (nSPS) is 12.7. The van der Waals surface area contributed by atoms with E-state index in [9.17, 15) is 13.2 Å². The van der Waals surface area contributed by atoms with Gasteiger partial charge in [-0.15, -0.1) is 0 Å². The van der Waals surface area contributed by atoms with E-state index in [2.05, 4.69) is 10.1 Å². The van der Waals surface area contributed by atoms with Crippen LogP contribution in [-0.2, 0) is 12.6 Å². The van der Waals surface area contributed by atoms with Crippen molar-refractivity contribution < 1.29 is 18.4 Å². The van der Waals surface area contributed by atoms with Crippen LogP contribution >= 0.6 is 0 Å². The first-order valence-corrected chi connectivity index (χ1v) is 5.93. The van der Waals surface area contributed by atoms with Crippen LogP contribution in [0.4, 0.5) is 13.2 Å². The van der Waals surface area contributed by atoms with Gasteiger partial charge in [0.25, 0.3) is 0 Å². The molecule has 0 unspecified atom stereocenters. The number of H-pyrrole nitrogens is 1. The Bertz CT molecular complexity index is 612. The number of aromatic nitrogens is 1. The number of rotatable bonds is 3. The molecule has 1 aromatic carbocycles. The molecule has 1 heterocycles. The van der Waals surface area contributed by atoms with Gasteiger partial charge < -0.3 is 10.2 Å². The van der Waals surface area contributed by atoms with Crippen LogP contribution in [0.5, 0.6) is 0 Å². The van der Waals surface area contributed by atoms with Crippen molar-refractivity contribution in [2.45, 2.75) is 19.5 Å². The first-order chi connectivity index (χ1) is 9.40. The molecule has 2 N–H and O–H groups in total. The van der Waals surface area contributed by atoms with Crippen molar-refractivity contribution in [1.29, 1.82) is 0 Å². The molecule has 0 spiro atoms. The Kier molecular flexibility index (Phi) is 3.83. The molecule has 3 nitrogen and oxygen atoms in total. The minimum absolute atomic E-state index is 0.448. The molecule has 106 valence electrons. The summed E-state index contributed by atoms with van der Waals surface area (Å²) < 4.78 is 37.3. The van der Waals surface area contributed by atoms with Crippen molar-refractivity contribution in [3.8, 4) is 0 Å². The van der Waals surface area contributed by atoms with Gasteiger partial charge in [-0.25, -0.2) is 0 Å². The molecule has 0 atom stereocenters. The van der Waals surface area contributed by atoms with Gasteiger partial charge in [-0.3, -0.25) is 0 Å². The van der Waals surface area contributed by atoms with E-state index in [4.69, 9.17) is 5.21 Å². The summed E-state index contributed by atoms with van der Waals surface area (Å²) in [6, 6.07) is 8.61. The van der Waals surface area contributed by atoms with Crippen LogP contribution in [0.15, 0.2) is 41.6 Å². The Balaban J connectivity index is 2.12. The van der Waals surface area contributed by atoms with Gasteiger partial charge in [-0.1, -0.05) is 17.3 Å². The smallest absolute Gasteiger partial charge is 0.411 e. The predicted octanol–water partition coefficient (Wildman–Crippen LogP) is 3.82. The average molecular weight is 282 g/mol. The minimum atomic E-state index is -4.31. The van der Waals surface area contributed by atoms with E-state index in [1.165, 1.54) is 12.1 Å². The second kappa shape index (κ2) is 5.40. The molecule has 0 saturated heterocycles. The van der Waals surface area contributed by atoms with Crippen LogP contribution < -0.4 is 0 Å². The molecule has 0 amide bonds. The van der Waals surface area contributed by atoms with Crippen molar-refractivity contribution >= 4 is 5.71 Å². The summed E-state index contributed by atoms with van der Waals surface area (Å²) in [4.78, 5) is 3.04.